The fourth-order valence-electron chi connectivity index (χ4n) is 1.61. The van der Waals surface area contributed by atoms with Gasteiger partial charge in [-0.15, -0.1) is 0 Å². The lowest BCUT2D eigenvalue weighted by Gasteiger charge is -2.19. The van der Waals surface area contributed by atoms with Crippen molar-refractivity contribution in [1.82, 2.24) is 10.6 Å². The highest BCUT2D eigenvalue weighted by Crippen LogP contribution is 2.05. The van der Waals surface area contributed by atoms with Gasteiger partial charge in [-0.2, -0.15) is 0 Å². The molecule has 0 heterocycles. The maximum atomic E-state index is 11.5. The van der Waals surface area contributed by atoms with Crippen LogP contribution < -0.4 is 10.6 Å². The van der Waals surface area contributed by atoms with Gasteiger partial charge in [0.15, 0.2) is 0 Å². The van der Waals surface area contributed by atoms with E-state index in [1.807, 2.05) is 0 Å². The maximum absolute atomic E-state index is 11.5. The van der Waals surface area contributed by atoms with Crippen LogP contribution in [0.1, 0.15) is 26.7 Å². The zero-order chi connectivity index (χ0) is 15.7. The molecule has 8 heteroatoms. The van der Waals surface area contributed by atoms with Crippen LogP contribution in [0.4, 0.5) is 0 Å². The molecular formula is C12H20N2O6. The second-order valence-electron chi connectivity index (χ2n) is 4.13. The predicted octanol–water partition coefficient (Wildman–Crippen LogP) is -0.878. The first kappa shape index (κ1) is 17.9. The van der Waals surface area contributed by atoms with E-state index in [-0.39, 0.29) is 12.8 Å². The predicted molar refractivity (Wildman–Crippen MR) is 68.5 cm³/mol. The smallest absolute Gasteiger partial charge is 0.328 e. The van der Waals surface area contributed by atoms with Gasteiger partial charge in [0, 0.05) is 13.8 Å². The summed E-state index contributed by atoms with van der Waals surface area (Å²) in [5, 5.41) is 4.84. The summed E-state index contributed by atoms with van der Waals surface area (Å²) in [5.74, 6) is -2.03. The van der Waals surface area contributed by atoms with Crippen LogP contribution in [0.2, 0.25) is 0 Å². The van der Waals surface area contributed by atoms with E-state index in [0.717, 1.165) is 0 Å². The molecule has 0 bridgehead atoms. The van der Waals surface area contributed by atoms with Gasteiger partial charge in [0.1, 0.15) is 12.1 Å². The lowest BCUT2D eigenvalue weighted by atomic mass is 10.1. The Labute approximate surface area is 117 Å². The second-order valence-corrected chi connectivity index (χ2v) is 4.13. The van der Waals surface area contributed by atoms with E-state index in [9.17, 15) is 19.2 Å². The Morgan fingerprint density at radius 3 is 1.30 bits per heavy atom. The van der Waals surface area contributed by atoms with E-state index >= 15 is 0 Å². The van der Waals surface area contributed by atoms with Gasteiger partial charge in [-0.1, -0.05) is 0 Å². The Bertz CT molecular complexity index is 346. The first-order valence-electron chi connectivity index (χ1n) is 6.01. The fraction of sp³-hybridized carbons (Fsp3) is 0.667. The Morgan fingerprint density at radius 1 is 0.800 bits per heavy atom. The summed E-state index contributed by atoms with van der Waals surface area (Å²) in [5.41, 5.74) is 0. The molecule has 0 radical (unpaired) electrons. The number of ether oxygens (including phenoxy) is 2. The number of nitrogens with one attached hydrogen (secondary N) is 2. The Hall–Kier alpha value is -2.12. The first-order chi connectivity index (χ1) is 9.31. The van der Waals surface area contributed by atoms with Crippen molar-refractivity contribution in [1.29, 1.82) is 0 Å². The molecular weight excluding hydrogens is 268 g/mol. The fourth-order valence-corrected chi connectivity index (χ4v) is 1.61. The summed E-state index contributed by atoms with van der Waals surface area (Å²) in [4.78, 5) is 45.0. The molecule has 114 valence electrons. The molecule has 0 aromatic carbocycles. The van der Waals surface area contributed by atoms with Crippen LogP contribution in [0.5, 0.6) is 0 Å². The normalized spacial score (nSPS) is 12.8. The zero-order valence-corrected chi connectivity index (χ0v) is 12.0. The molecule has 2 atom stereocenters. The van der Waals surface area contributed by atoms with Crippen LogP contribution in [0.25, 0.3) is 0 Å². The summed E-state index contributed by atoms with van der Waals surface area (Å²) in [6.07, 6.45) is 0.263. The molecule has 0 aromatic heterocycles. The van der Waals surface area contributed by atoms with Crippen molar-refractivity contribution >= 4 is 23.8 Å². The van der Waals surface area contributed by atoms with Crippen LogP contribution in [-0.4, -0.2) is 50.1 Å². The molecule has 0 aliphatic carbocycles. The number of amides is 2. The molecule has 0 spiro atoms. The number of hydrogen-bond acceptors (Lipinski definition) is 6. The lowest BCUT2D eigenvalue weighted by Crippen LogP contribution is -2.44. The van der Waals surface area contributed by atoms with Gasteiger partial charge in [0.25, 0.3) is 0 Å². The van der Waals surface area contributed by atoms with E-state index in [1.165, 1.54) is 28.1 Å². The molecule has 2 unspecified atom stereocenters. The van der Waals surface area contributed by atoms with Gasteiger partial charge < -0.3 is 20.1 Å². The number of methoxy groups -OCH3 is 2. The summed E-state index contributed by atoms with van der Waals surface area (Å²) in [7, 11) is 2.39. The zero-order valence-electron chi connectivity index (χ0n) is 12.0. The summed E-state index contributed by atoms with van der Waals surface area (Å²) >= 11 is 0. The summed E-state index contributed by atoms with van der Waals surface area (Å²) in [6, 6.07) is -1.75. The number of carbonyl (C=O) groups is 4. The molecule has 0 aromatic rings. The third-order valence-electron chi connectivity index (χ3n) is 2.47. The minimum Gasteiger partial charge on any atom is -0.467 e. The van der Waals surface area contributed by atoms with Crippen molar-refractivity contribution in [3.05, 3.63) is 0 Å². The molecule has 0 rings (SSSR count). The number of hydrogen-bond donors (Lipinski definition) is 2. The largest absolute Gasteiger partial charge is 0.467 e. The highest BCUT2D eigenvalue weighted by Gasteiger charge is 2.25. The van der Waals surface area contributed by atoms with E-state index in [2.05, 4.69) is 20.1 Å². The van der Waals surface area contributed by atoms with Crippen molar-refractivity contribution in [3.63, 3.8) is 0 Å². The third-order valence-corrected chi connectivity index (χ3v) is 2.47. The number of carbonyl (C=O) groups excluding carboxylic acids is 4. The van der Waals surface area contributed by atoms with Crippen molar-refractivity contribution < 1.29 is 28.7 Å². The maximum Gasteiger partial charge on any atom is 0.328 e. The summed E-state index contributed by atoms with van der Waals surface area (Å²) < 4.78 is 9.11. The second kappa shape index (κ2) is 8.89. The van der Waals surface area contributed by atoms with Crippen molar-refractivity contribution in [2.45, 2.75) is 38.8 Å². The van der Waals surface area contributed by atoms with Gasteiger partial charge in [-0.25, -0.2) is 9.59 Å². The highest BCUT2D eigenvalue weighted by molar-refractivity contribution is 5.84. The molecule has 2 amide bonds. The molecule has 0 fully saturated rings. The van der Waals surface area contributed by atoms with Crippen LogP contribution in [0.3, 0.4) is 0 Å². The minimum absolute atomic E-state index is 0.131. The van der Waals surface area contributed by atoms with Crippen molar-refractivity contribution in [2.75, 3.05) is 14.2 Å². The molecule has 0 saturated heterocycles. The number of esters is 2. The SMILES string of the molecule is COC(=O)C(CCC(NC(C)=O)C(=O)OC)NC(C)=O. The molecule has 2 N–H and O–H groups in total. The highest BCUT2D eigenvalue weighted by atomic mass is 16.5. The van der Waals surface area contributed by atoms with Crippen LogP contribution in [0, 0.1) is 0 Å². The van der Waals surface area contributed by atoms with E-state index in [0.29, 0.717) is 0 Å². The van der Waals surface area contributed by atoms with Crippen molar-refractivity contribution in [3.8, 4) is 0 Å². The first-order valence-corrected chi connectivity index (χ1v) is 6.01. The molecule has 0 saturated carbocycles. The summed E-state index contributed by atoms with van der Waals surface area (Å²) in [6.45, 7) is 2.53. The number of rotatable bonds is 7. The Morgan fingerprint density at radius 2 is 1.10 bits per heavy atom. The average molecular weight is 288 g/mol. The molecule has 20 heavy (non-hydrogen) atoms. The van der Waals surface area contributed by atoms with Gasteiger partial charge in [-0.3, -0.25) is 9.59 Å². The van der Waals surface area contributed by atoms with E-state index < -0.39 is 35.8 Å². The van der Waals surface area contributed by atoms with E-state index in [4.69, 9.17) is 0 Å². The van der Waals surface area contributed by atoms with E-state index in [1.54, 1.807) is 0 Å². The van der Waals surface area contributed by atoms with Gasteiger partial charge in [0.05, 0.1) is 14.2 Å². The molecule has 0 aliphatic heterocycles. The van der Waals surface area contributed by atoms with Gasteiger partial charge in [0.2, 0.25) is 11.8 Å². The quantitative estimate of drug-likeness (QED) is 0.589. The standard InChI is InChI=1S/C12H20N2O6/c1-7(15)13-9(11(17)19-3)5-6-10(12(18)20-4)14-8(2)16/h9-10H,5-6H2,1-4H3,(H,13,15)(H,14,16). The van der Waals surface area contributed by atoms with Crippen LogP contribution >= 0.6 is 0 Å². The third kappa shape index (κ3) is 6.72. The topological polar surface area (TPSA) is 111 Å². The molecule has 0 aliphatic rings. The lowest BCUT2D eigenvalue weighted by molar-refractivity contribution is -0.147. The van der Waals surface area contributed by atoms with Gasteiger partial charge in [-0.05, 0) is 12.8 Å². The van der Waals surface area contributed by atoms with Gasteiger partial charge >= 0.3 is 11.9 Å². The monoisotopic (exact) mass is 288 g/mol. The Balaban J connectivity index is 4.67. The minimum atomic E-state index is -0.876. The Kier molecular flexibility index (Phi) is 7.95. The van der Waals surface area contributed by atoms with Crippen LogP contribution in [-0.2, 0) is 28.7 Å². The van der Waals surface area contributed by atoms with Crippen molar-refractivity contribution in [2.24, 2.45) is 0 Å². The average Bonchev–Trinajstić information content (AvgIpc) is 2.39. The van der Waals surface area contributed by atoms with Crippen LogP contribution in [0.15, 0.2) is 0 Å². The molecule has 8 nitrogen and oxygen atoms in total.